The highest BCUT2D eigenvalue weighted by Crippen LogP contribution is 2.26. The van der Waals surface area contributed by atoms with Crippen LogP contribution < -0.4 is 5.73 Å². The Hall–Kier alpha value is -1.52. The van der Waals surface area contributed by atoms with Crippen LogP contribution in [0.3, 0.4) is 0 Å². The number of halogens is 1. The zero-order chi connectivity index (χ0) is 12.4. The first kappa shape index (κ1) is 14.5. The molecule has 0 unspecified atom stereocenters. The number of hydrogen-bond donors (Lipinski definition) is 1. The summed E-state index contributed by atoms with van der Waals surface area (Å²) in [5, 5.41) is 1.09. The summed E-state index contributed by atoms with van der Waals surface area (Å²) in [7, 11) is 3.34. The van der Waals surface area contributed by atoms with Crippen molar-refractivity contribution < 1.29 is 9.53 Å². The van der Waals surface area contributed by atoms with Gasteiger partial charge in [-0.05, 0) is 11.6 Å². The molecule has 0 saturated carbocycles. The van der Waals surface area contributed by atoms with E-state index in [0.717, 1.165) is 16.5 Å². The normalized spacial score (nSPS) is 11.9. The van der Waals surface area contributed by atoms with Gasteiger partial charge in [-0.1, -0.05) is 18.2 Å². The summed E-state index contributed by atoms with van der Waals surface area (Å²) in [6.45, 7) is 0. The second-order valence-electron chi connectivity index (χ2n) is 4.10. The van der Waals surface area contributed by atoms with Crippen molar-refractivity contribution in [3.8, 4) is 0 Å². The maximum absolute atomic E-state index is 11.2. The van der Waals surface area contributed by atoms with Gasteiger partial charge in [0, 0.05) is 30.2 Å². The number of carbonyl (C=O) groups excluding carboxylic acids is 1. The summed E-state index contributed by atoms with van der Waals surface area (Å²) < 4.78 is 6.65. The fourth-order valence-corrected chi connectivity index (χ4v) is 2.04. The lowest BCUT2D eigenvalue weighted by atomic mass is 10.0. The van der Waals surface area contributed by atoms with Crippen LogP contribution in [0.4, 0.5) is 0 Å². The van der Waals surface area contributed by atoms with Crippen molar-refractivity contribution in [2.24, 2.45) is 12.8 Å². The summed E-state index contributed by atoms with van der Waals surface area (Å²) in [5.74, 6) is -0.287. The molecule has 0 radical (unpaired) electrons. The second-order valence-corrected chi connectivity index (χ2v) is 4.10. The molecular weight excluding hydrogens is 252 g/mol. The largest absolute Gasteiger partial charge is 0.469 e. The number of rotatable bonds is 3. The molecule has 1 atom stereocenters. The Kier molecular flexibility index (Phi) is 4.76. The van der Waals surface area contributed by atoms with E-state index in [9.17, 15) is 4.79 Å². The Bertz CT molecular complexity index is 551. The molecule has 18 heavy (non-hydrogen) atoms. The molecule has 0 bridgehead atoms. The van der Waals surface area contributed by atoms with Crippen molar-refractivity contribution in [1.29, 1.82) is 0 Å². The minimum absolute atomic E-state index is 0. The van der Waals surface area contributed by atoms with Gasteiger partial charge in [-0.2, -0.15) is 0 Å². The molecule has 0 saturated heterocycles. The summed E-state index contributed by atoms with van der Waals surface area (Å²) >= 11 is 0. The van der Waals surface area contributed by atoms with Gasteiger partial charge in [0.15, 0.2) is 0 Å². The number of carbonyl (C=O) groups is 1. The van der Waals surface area contributed by atoms with Gasteiger partial charge < -0.3 is 15.0 Å². The van der Waals surface area contributed by atoms with E-state index in [1.54, 1.807) is 0 Å². The van der Waals surface area contributed by atoms with Crippen molar-refractivity contribution in [1.82, 2.24) is 4.57 Å². The third-order valence-corrected chi connectivity index (χ3v) is 2.94. The maximum Gasteiger partial charge on any atom is 0.307 e. The van der Waals surface area contributed by atoms with Crippen molar-refractivity contribution in [2.75, 3.05) is 7.11 Å². The number of hydrogen-bond acceptors (Lipinski definition) is 3. The van der Waals surface area contributed by atoms with Gasteiger partial charge in [0.1, 0.15) is 0 Å². The molecular formula is C13H17ClN2O2. The lowest BCUT2D eigenvalue weighted by molar-refractivity contribution is -0.141. The SMILES string of the molecule is COC(=O)C[C@@H](N)c1cn(C)c2ccccc12.Cl. The van der Waals surface area contributed by atoms with Crippen LogP contribution in [0.15, 0.2) is 30.5 Å². The van der Waals surface area contributed by atoms with Crippen LogP contribution in [0.5, 0.6) is 0 Å². The van der Waals surface area contributed by atoms with Crippen LogP contribution in [0, 0.1) is 0 Å². The molecule has 0 aliphatic carbocycles. The lowest BCUT2D eigenvalue weighted by Crippen LogP contribution is -2.16. The van der Waals surface area contributed by atoms with Crippen molar-refractivity contribution in [3.63, 3.8) is 0 Å². The zero-order valence-corrected chi connectivity index (χ0v) is 11.2. The highest BCUT2D eigenvalue weighted by molar-refractivity contribution is 5.85. The Balaban J connectivity index is 0.00000162. The zero-order valence-electron chi connectivity index (χ0n) is 10.4. The van der Waals surface area contributed by atoms with Crippen molar-refractivity contribution in [3.05, 3.63) is 36.0 Å². The summed E-state index contributed by atoms with van der Waals surface area (Å²) in [6.07, 6.45) is 2.17. The molecule has 98 valence electrons. The second kappa shape index (κ2) is 5.89. The van der Waals surface area contributed by atoms with Crippen LogP contribution >= 0.6 is 12.4 Å². The minimum Gasteiger partial charge on any atom is -0.469 e. The highest BCUT2D eigenvalue weighted by Gasteiger charge is 2.16. The molecule has 5 heteroatoms. The van der Waals surface area contributed by atoms with E-state index in [2.05, 4.69) is 4.74 Å². The number of nitrogens with zero attached hydrogens (tertiary/aromatic N) is 1. The smallest absolute Gasteiger partial charge is 0.307 e. The van der Waals surface area contributed by atoms with E-state index in [4.69, 9.17) is 5.73 Å². The van der Waals surface area contributed by atoms with Gasteiger partial charge >= 0.3 is 5.97 Å². The van der Waals surface area contributed by atoms with E-state index in [1.807, 2.05) is 42.1 Å². The van der Waals surface area contributed by atoms with E-state index in [1.165, 1.54) is 7.11 Å². The fraction of sp³-hybridized carbons (Fsp3) is 0.308. The summed E-state index contributed by atoms with van der Waals surface area (Å²) in [5.41, 5.74) is 8.13. The number of methoxy groups -OCH3 is 1. The predicted octanol–water partition coefficient (Wildman–Crippen LogP) is 2.16. The average Bonchev–Trinajstić information content (AvgIpc) is 2.67. The molecule has 0 amide bonds. The molecule has 1 heterocycles. The topological polar surface area (TPSA) is 57.2 Å². The standard InChI is InChI=1S/C13H16N2O2.ClH/c1-15-8-10(11(14)7-13(16)17-2)9-5-3-4-6-12(9)15;/h3-6,8,11H,7,14H2,1-2H3;1H/t11-;/m1./s1. The van der Waals surface area contributed by atoms with E-state index >= 15 is 0 Å². The number of aryl methyl sites for hydroxylation is 1. The molecule has 4 nitrogen and oxygen atoms in total. The number of nitrogens with two attached hydrogens (primary N) is 1. The van der Waals surface area contributed by atoms with Crippen LogP contribution in [0.25, 0.3) is 10.9 Å². The summed E-state index contributed by atoms with van der Waals surface area (Å²) in [6, 6.07) is 7.67. The van der Waals surface area contributed by atoms with Crippen molar-refractivity contribution >= 4 is 29.3 Å². The molecule has 1 aromatic heterocycles. The Labute approximate surface area is 112 Å². The lowest BCUT2D eigenvalue weighted by Gasteiger charge is -2.08. The van der Waals surface area contributed by atoms with Gasteiger partial charge in [-0.3, -0.25) is 4.79 Å². The monoisotopic (exact) mass is 268 g/mol. The van der Waals surface area contributed by atoms with Gasteiger partial charge in [0.2, 0.25) is 0 Å². The predicted molar refractivity (Wildman–Crippen MR) is 73.7 cm³/mol. The van der Waals surface area contributed by atoms with Crippen LogP contribution in [0.1, 0.15) is 18.0 Å². The third kappa shape index (κ3) is 2.66. The average molecular weight is 269 g/mol. The van der Waals surface area contributed by atoms with Gasteiger partial charge in [0.05, 0.1) is 13.5 Å². The van der Waals surface area contributed by atoms with Crippen LogP contribution in [-0.4, -0.2) is 17.6 Å². The first-order chi connectivity index (χ1) is 8.13. The van der Waals surface area contributed by atoms with Crippen LogP contribution in [-0.2, 0) is 16.6 Å². The Morgan fingerprint density at radius 1 is 1.44 bits per heavy atom. The quantitative estimate of drug-likeness (QED) is 0.868. The molecule has 2 aromatic rings. The van der Waals surface area contributed by atoms with Crippen LogP contribution in [0.2, 0.25) is 0 Å². The molecule has 0 fully saturated rings. The van der Waals surface area contributed by atoms with E-state index in [0.29, 0.717) is 0 Å². The molecule has 2 rings (SSSR count). The first-order valence-corrected chi connectivity index (χ1v) is 5.50. The fourth-order valence-electron chi connectivity index (χ4n) is 2.04. The Morgan fingerprint density at radius 2 is 2.11 bits per heavy atom. The number of aromatic nitrogens is 1. The Morgan fingerprint density at radius 3 is 2.78 bits per heavy atom. The summed E-state index contributed by atoms with van der Waals surface area (Å²) in [4.78, 5) is 11.2. The molecule has 0 aliphatic rings. The minimum atomic E-state index is -0.325. The highest BCUT2D eigenvalue weighted by atomic mass is 35.5. The molecule has 2 N–H and O–H groups in total. The molecule has 0 spiro atoms. The number of fused-ring (bicyclic) bond motifs is 1. The van der Waals surface area contributed by atoms with E-state index in [-0.39, 0.29) is 30.8 Å². The van der Waals surface area contributed by atoms with Gasteiger partial charge in [-0.15, -0.1) is 12.4 Å². The number of esters is 1. The third-order valence-electron chi connectivity index (χ3n) is 2.94. The van der Waals surface area contributed by atoms with Crippen molar-refractivity contribution in [2.45, 2.75) is 12.5 Å². The van der Waals surface area contributed by atoms with E-state index < -0.39 is 0 Å². The maximum atomic E-state index is 11.2. The number of ether oxygens (including phenoxy) is 1. The number of para-hydroxylation sites is 1. The first-order valence-electron chi connectivity index (χ1n) is 5.50. The molecule has 0 aliphatic heterocycles. The van der Waals surface area contributed by atoms with Gasteiger partial charge in [-0.25, -0.2) is 0 Å². The van der Waals surface area contributed by atoms with Gasteiger partial charge in [0.25, 0.3) is 0 Å². The molecule has 1 aromatic carbocycles. The number of benzene rings is 1.